The number of oxazole rings is 1. The van der Waals surface area contributed by atoms with Crippen LogP contribution in [-0.2, 0) is 26.2 Å². The Balaban J connectivity index is 1.41. The Hall–Kier alpha value is -3.17. The van der Waals surface area contributed by atoms with Crippen LogP contribution >= 0.6 is 0 Å². The molecule has 4 rings (SSSR count). The van der Waals surface area contributed by atoms with Crippen molar-refractivity contribution >= 4 is 16.0 Å². The summed E-state index contributed by atoms with van der Waals surface area (Å²) in [7, 11) is -2.19. The van der Waals surface area contributed by atoms with Crippen LogP contribution in [-0.4, -0.2) is 43.4 Å². The molecule has 168 valence electrons. The average molecular weight is 457 g/mol. The first-order chi connectivity index (χ1) is 15.4. The Morgan fingerprint density at radius 2 is 1.88 bits per heavy atom. The van der Waals surface area contributed by atoms with Crippen molar-refractivity contribution in [3.8, 4) is 17.2 Å². The van der Waals surface area contributed by atoms with E-state index >= 15 is 0 Å². The number of ether oxygens (including phenoxy) is 2. The van der Waals surface area contributed by atoms with Crippen LogP contribution in [0.4, 0.5) is 0 Å². The largest absolute Gasteiger partial charge is 0.497 e. The molecule has 0 spiro atoms. The smallest absolute Gasteiger partial charge is 0.324 e. The lowest BCUT2D eigenvalue weighted by molar-refractivity contribution is -0.148. The van der Waals surface area contributed by atoms with Crippen molar-refractivity contribution in [3.05, 3.63) is 66.1 Å². The monoisotopic (exact) mass is 456 g/mol. The number of aromatic nitrogens is 1. The number of methoxy groups -OCH3 is 1. The van der Waals surface area contributed by atoms with Gasteiger partial charge in [0.1, 0.15) is 30.4 Å². The zero-order valence-electron chi connectivity index (χ0n) is 17.9. The maximum atomic E-state index is 13.0. The van der Waals surface area contributed by atoms with Gasteiger partial charge in [-0.1, -0.05) is 17.7 Å². The van der Waals surface area contributed by atoms with E-state index in [4.69, 9.17) is 13.9 Å². The summed E-state index contributed by atoms with van der Waals surface area (Å²) in [6.07, 6.45) is 2.43. The number of carbonyl (C=O) groups is 1. The summed E-state index contributed by atoms with van der Waals surface area (Å²) in [5.41, 5.74) is 2.16. The summed E-state index contributed by atoms with van der Waals surface area (Å²) in [6.45, 7) is 2.06. The summed E-state index contributed by atoms with van der Waals surface area (Å²) in [6, 6.07) is 12.9. The Labute approximate surface area is 186 Å². The highest BCUT2D eigenvalue weighted by atomic mass is 32.2. The highest BCUT2D eigenvalue weighted by molar-refractivity contribution is 7.89. The third kappa shape index (κ3) is 4.53. The molecule has 8 nitrogen and oxygen atoms in total. The molecule has 1 saturated heterocycles. The predicted octanol–water partition coefficient (Wildman–Crippen LogP) is 3.56. The van der Waals surface area contributed by atoms with E-state index in [0.717, 1.165) is 16.9 Å². The second kappa shape index (κ2) is 9.13. The van der Waals surface area contributed by atoms with Crippen molar-refractivity contribution in [1.29, 1.82) is 0 Å². The van der Waals surface area contributed by atoms with Crippen LogP contribution in [0.25, 0.3) is 11.5 Å². The third-order valence-corrected chi connectivity index (χ3v) is 7.28. The Bertz CT molecular complexity index is 1190. The molecule has 1 aliphatic heterocycles. The van der Waals surface area contributed by atoms with Gasteiger partial charge < -0.3 is 13.9 Å². The molecule has 2 aromatic carbocycles. The zero-order valence-corrected chi connectivity index (χ0v) is 18.7. The van der Waals surface area contributed by atoms with Crippen molar-refractivity contribution in [2.45, 2.75) is 37.3 Å². The lowest BCUT2D eigenvalue weighted by atomic mass is 10.2. The number of hydrogen-bond donors (Lipinski definition) is 0. The predicted molar refractivity (Wildman–Crippen MR) is 116 cm³/mol. The molecule has 0 aliphatic carbocycles. The minimum absolute atomic E-state index is 0.104. The molecular weight excluding hydrogens is 432 g/mol. The van der Waals surface area contributed by atoms with Crippen molar-refractivity contribution in [3.63, 3.8) is 0 Å². The van der Waals surface area contributed by atoms with Crippen LogP contribution in [0.2, 0.25) is 0 Å². The number of nitrogens with zero attached hydrogens (tertiary/aromatic N) is 2. The molecule has 1 fully saturated rings. The summed E-state index contributed by atoms with van der Waals surface area (Å²) in [4.78, 5) is 17.2. The first kappa shape index (κ1) is 22.0. The maximum Gasteiger partial charge on any atom is 0.324 e. The normalized spacial score (nSPS) is 16.8. The second-order valence-corrected chi connectivity index (χ2v) is 9.46. The number of esters is 1. The van der Waals surface area contributed by atoms with Crippen LogP contribution in [0.1, 0.15) is 24.1 Å². The first-order valence-corrected chi connectivity index (χ1v) is 11.7. The van der Waals surface area contributed by atoms with E-state index in [2.05, 4.69) is 4.98 Å². The van der Waals surface area contributed by atoms with Gasteiger partial charge in [-0.2, -0.15) is 4.31 Å². The quantitative estimate of drug-likeness (QED) is 0.501. The molecule has 32 heavy (non-hydrogen) atoms. The molecular formula is C23H24N2O6S. The van der Waals surface area contributed by atoms with Gasteiger partial charge in [-0.15, -0.1) is 0 Å². The SMILES string of the molecule is COc1ccc(-c2nc(COC(=O)[C@@H]3CCCN3S(=O)(=O)c3ccc(C)cc3)co2)cc1. The van der Waals surface area contributed by atoms with Gasteiger partial charge in [0.05, 0.1) is 12.0 Å². The van der Waals surface area contributed by atoms with E-state index in [1.807, 2.05) is 19.1 Å². The molecule has 9 heteroatoms. The molecule has 2 heterocycles. The van der Waals surface area contributed by atoms with Crippen molar-refractivity contribution in [2.24, 2.45) is 0 Å². The van der Waals surface area contributed by atoms with Gasteiger partial charge in [0.2, 0.25) is 15.9 Å². The van der Waals surface area contributed by atoms with Gasteiger partial charge in [0.25, 0.3) is 0 Å². The first-order valence-electron chi connectivity index (χ1n) is 10.2. The van der Waals surface area contributed by atoms with Gasteiger partial charge in [0.15, 0.2) is 0 Å². The van der Waals surface area contributed by atoms with E-state index in [0.29, 0.717) is 24.4 Å². The fourth-order valence-corrected chi connectivity index (χ4v) is 5.24. The van der Waals surface area contributed by atoms with Crippen LogP contribution in [0, 0.1) is 6.92 Å². The highest BCUT2D eigenvalue weighted by Gasteiger charge is 2.40. The molecule has 0 amide bonds. The number of carbonyl (C=O) groups excluding carboxylic acids is 1. The molecule has 1 aliphatic rings. The van der Waals surface area contributed by atoms with Crippen LogP contribution in [0.3, 0.4) is 0 Å². The molecule has 1 atom stereocenters. The Kier molecular flexibility index (Phi) is 6.29. The maximum absolute atomic E-state index is 13.0. The molecule has 0 N–H and O–H groups in total. The number of rotatable bonds is 7. The lowest BCUT2D eigenvalue weighted by Crippen LogP contribution is -2.41. The summed E-state index contributed by atoms with van der Waals surface area (Å²) >= 11 is 0. The van der Waals surface area contributed by atoms with E-state index in [1.54, 1.807) is 43.5 Å². The van der Waals surface area contributed by atoms with Crippen LogP contribution in [0.15, 0.2) is 64.1 Å². The van der Waals surface area contributed by atoms with Gasteiger partial charge >= 0.3 is 5.97 Å². The molecule has 0 saturated carbocycles. The molecule has 0 unspecified atom stereocenters. The van der Waals surface area contributed by atoms with Crippen LogP contribution in [0.5, 0.6) is 5.75 Å². The molecule has 1 aromatic heterocycles. The van der Waals surface area contributed by atoms with Gasteiger partial charge in [-0.3, -0.25) is 4.79 Å². The van der Waals surface area contributed by atoms with Gasteiger partial charge in [-0.25, -0.2) is 13.4 Å². The summed E-state index contributed by atoms with van der Waals surface area (Å²) in [5.74, 6) is 0.520. The van der Waals surface area contributed by atoms with Gasteiger partial charge in [-0.05, 0) is 56.2 Å². The van der Waals surface area contributed by atoms with Crippen LogP contribution < -0.4 is 4.74 Å². The minimum atomic E-state index is -3.78. The fraction of sp³-hybridized carbons (Fsp3) is 0.304. The number of benzene rings is 2. The minimum Gasteiger partial charge on any atom is -0.497 e. The van der Waals surface area contributed by atoms with E-state index < -0.39 is 22.0 Å². The summed E-state index contributed by atoms with van der Waals surface area (Å²) < 4.78 is 43.3. The second-order valence-electron chi connectivity index (χ2n) is 7.57. The molecule has 0 bridgehead atoms. The Morgan fingerprint density at radius 1 is 1.16 bits per heavy atom. The van der Waals surface area contributed by atoms with E-state index in [9.17, 15) is 13.2 Å². The van der Waals surface area contributed by atoms with Crippen molar-refractivity contribution < 1.29 is 27.1 Å². The molecule has 0 radical (unpaired) electrons. The third-order valence-electron chi connectivity index (χ3n) is 5.35. The number of hydrogen-bond acceptors (Lipinski definition) is 7. The lowest BCUT2D eigenvalue weighted by Gasteiger charge is -2.22. The average Bonchev–Trinajstić information content (AvgIpc) is 3.48. The highest BCUT2D eigenvalue weighted by Crippen LogP contribution is 2.27. The van der Waals surface area contributed by atoms with Crippen molar-refractivity contribution in [2.75, 3.05) is 13.7 Å². The topological polar surface area (TPSA) is 98.9 Å². The van der Waals surface area contributed by atoms with E-state index in [1.165, 1.54) is 10.6 Å². The molecule has 3 aromatic rings. The van der Waals surface area contributed by atoms with Crippen molar-refractivity contribution in [1.82, 2.24) is 9.29 Å². The number of sulfonamides is 1. The number of aryl methyl sites for hydroxylation is 1. The van der Waals surface area contributed by atoms with Gasteiger partial charge in [0, 0.05) is 12.1 Å². The Morgan fingerprint density at radius 3 is 2.56 bits per heavy atom. The summed E-state index contributed by atoms with van der Waals surface area (Å²) in [5, 5.41) is 0. The van der Waals surface area contributed by atoms with E-state index in [-0.39, 0.29) is 18.0 Å². The standard InChI is InChI=1S/C23H24N2O6S/c1-16-5-11-20(12-6-16)32(27,28)25-13-3-4-21(25)23(26)31-15-18-14-30-22(24-18)17-7-9-19(29-2)10-8-17/h5-12,14,21H,3-4,13,15H2,1-2H3/t21-/m0/s1. The fourth-order valence-electron chi connectivity index (χ4n) is 3.59. The zero-order chi connectivity index (χ0) is 22.7.